The van der Waals surface area contributed by atoms with Crippen LogP contribution in [0.2, 0.25) is 0 Å². The summed E-state index contributed by atoms with van der Waals surface area (Å²) in [5, 5.41) is 3.81. The summed E-state index contributed by atoms with van der Waals surface area (Å²) in [5.41, 5.74) is 3.89. The number of ether oxygens (including phenoxy) is 1. The number of aromatic nitrogens is 2. The fourth-order valence-electron chi connectivity index (χ4n) is 3.12. The van der Waals surface area contributed by atoms with Crippen LogP contribution in [0.25, 0.3) is 10.9 Å². The van der Waals surface area contributed by atoms with Gasteiger partial charge in [-0.3, -0.25) is 4.79 Å². The SMILES string of the molecule is CC(C)c1cccc(C(C)C)c1NC(=O)COc1ncnc2ccc(Br)cc12. The minimum absolute atomic E-state index is 0.122. The molecule has 0 spiro atoms. The Bertz CT molecular complexity index is 976. The van der Waals surface area contributed by atoms with Crippen molar-refractivity contribution in [2.24, 2.45) is 0 Å². The van der Waals surface area contributed by atoms with E-state index in [1.807, 2.05) is 24.3 Å². The first-order valence-corrected chi connectivity index (χ1v) is 10.1. The molecule has 146 valence electrons. The van der Waals surface area contributed by atoms with Crippen molar-refractivity contribution in [3.05, 3.63) is 58.3 Å². The lowest BCUT2D eigenvalue weighted by Crippen LogP contribution is -2.22. The Morgan fingerprint density at radius 1 is 1.07 bits per heavy atom. The predicted octanol–water partition coefficient (Wildman–Crippen LogP) is 5.66. The van der Waals surface area contributed by atoms with E-state index in [1.165, 1.54) is 6.33 Å². The number of benzene rings is 2. The molecule has 1 heterocycles. The fourth-order valence-corrected chi connectivity index (χ4v) is 3.49. The maximum Gasteiger partial charge on any atom is 0.262 e. The third-order valence-corrected chi connectivity index (χ3v) is 5.03. The number of hydrogen-bond donors (Lipinski definition) is 1. The maximum atomic E-state index is 12.6. The maximum absolute atomic E-state index is 12.6. The number of fused-ring (bicyclic) bond motifs is 1. The molecule has 0 aliphatic heterocycles. The molecule has 0 saturated carbocycles. The molecule has 1 N–H and O–H groups in total. The summed E-state index contributed by atoms with van der Waals surface area (Å²) < 4.78 is 6.62. The molecule has 0 aliphatic rings. The molecular formula is C22H24BrN3O2. The number of rotatable bonds is 6. The highest BCUT2D eigenvalue weighted by atomic mass is 79.9. The Balaban J connectivity index is 1.80. The fraction of sp³-hybridized carbons (Fsp3) is 0.318. The lowest BCUT2D eigenvalue weighted by Gasteiger charge is -2.20. The molecular weight excluding hydrogens is 418 g/mol. The zero-order valence-corrected chi connectivity index (χ0v) is 18.1. The highest BCUT2D eigenvalue weighted by Crippen LogP contribution is 2.32. The van der Waals surface area contributed by atoms with Crippen LogP contribution in [-0.2, 0) is 4.79 Å². The van der Waals surface area contributed by atoms with E-state index in [4.69, 9.17) is 4.74 Å². The van der Waals surface area contributed by atoms with Crippen molar-refractivity contribution in [2.75, 3.05) is 11.9 Å². The molecule has 0 saturated heterocycles. The third kappa shape index (κ3) is 4.50. The number of nitrogens with zero attached hydrogens (tertiary/aromatic N) is 2. The molecule has 1 amide bonds. The van der Waals surface area contributed by atoms with Gasteiger partial charge < -0.3 is 10.1 Å². The van der Waals surface area contributed by atoms with Gasteiger partial charge in [-0.2, -0.15) is 0 Å². The number of amides is 1. The minimum Gasteiger partial charge on any atom is -0.467 e. The topological polar surface area (TPSA) is 64.1 Å². The summed E-state index contributed by atoms with van der Waals surface area (Å²) in [4.78, 5) is 21.1. The van der Waals surface area contributed by atoms with Gasteiger partial charge >= 0.3 is 0 Å². The largest absolute Gasteiger partial charge is 0.467 e. The molecule has 3 aromatic rings. The van der Waals surface area contributed by atoms with Crippen molar-refractivity contribution < 1.29 is 9.53 Å². The molecule has 0 aliphatic carbocycles. The summed E-state index contributed by atoms with van der Waals surface area (Å²) >= 11 is 3.44. The Hall–Kier alpha value is -2.47. The van der Waals surface area contributed by atoms with E-state index in [0.29, 0.717) is 17.7 Å². The lowest BCUT2D eigenvalue weighted by molar-refractivity contribution is -0.118. The first kappa shape index (κ1) is 20.3. The number of halogens is 1. The number of carbonyl (C=O) groups excluding carboxylic acids is 1. The Kier molecular flexibility index (Phi) is 6.29. The predicted molar refractivity (Wildman–Crippen MR) is 116 cm³/mol. The van der Waals surface area contributed by atoms with E-state index in [-0.39, 0.29) is 12.5 Å². The van der Waals surface area contributed by atoms with E-state index >= 15 is 0 Å². The van der Waals surface area contributed by atoms with Gasteiger partial charge in [0.1, 0.15) is 6.33 Å². The zero-order valence-electron chi connectivity index (χ0n) is 16.5. The summed E-state index contributed by atoms with van der Waals surface area (Å²) in [6.07, 6.45) is 1.44. The number of nitrogens with one attached hydrogen (secondary N) is 1. The number of hydrogen-bond acceptors (Lipinski definition) is 4. The molecule has 6 heteroatoms. The summed E-state index contributed by atoms with van der Waals surface area (Å²) in [6.45, 7) is 8.36. The normalized spacial score (nSPS) is 11.2. The van der Waals surface area contributed by atoms with Crippen LogP contribution in [0, 0.1) is 0 Å². The number of para-hydroxylation sites is 1. The Morgan fingerprint density at radius 3 is 2.39 bits per heavy atom. The molecule has 0 unspecified atom stereocenters. The van der Waals surface area contributed by atoms with Gasteiger partial charge in [-0.15, -0.1) is 0 Å². The first-order chi connectivity index (χ1) is 13.4. The van der Waals surface area contributed by atoms with Crippen LogP contribution in [0.15, 0.2) is 47.2 Å². The van der Waals surface area contributed by atoms with Crippen molar-refractivity contribution in [1.29, 1.82) is 0 Å². The molecule has 0 fully saturated rings. The Labute approximate surface area is 173 Å². The molecule has 5 nitrogen and oxygen atoms in total. The molecule has 28 heavy (non-hydrogen) atoms. The average molecular weight is 442 g/mol. The van der Waals surface area contributed by atoms with Crippen molar-refractivity contribution >= 4 is 38.4 Å². The number of carbonyl (C=O) groups is 1. The first-order valence-electron chi connectivity index (χ1n) is 9.32. The highest BCUT2D eigenvalue weighted by molar-refractivity contribution is 9.10. The molecule has 3 rings (SSSR count). The summed E-state index contributed by atoms with van der Waals surface area (Å²) in [5.74, 6) is 0.788. The van der Waals surface area contributed by atoms with E-state index < -0.39 is 0 Å². The summed E-state index contributed by atoms with van der Waals surface area (Å²) in [6, 6.07) is 11.8. The van der Waals surface area contributed by atoms with Crippen molar-refractivity contribution in [1.82, 2.24) is 9.97 Å². The average Bonchev–Trinajstić information content (AvgIpc) is 2.66. The summed E-state index contributed by atoms with van der Waals surface area (Å²) in [7, 11) is 0. The van der Waals surface area contributed by atoms with Gasteiger partial charge in [0.25, 0.3) is 5.91 Å². The van der Waals surface area contributed by atoms with Crippen molar-refractivity contribution in [3.8, 4) is 5.88 Å². The van der Waals surface area contributed by atoms with Crippen LogP contribution in [0.5, 0.6) is 5.88 Å². The van der Waals surface area contributed by atoms with E-state index in [0.717, 1.165) is 32.2 Å². The van der Waals surface area contributed by atoms with Crippen molar-refractivity contribution in [3.63, 3.8) is 0 Å². The van der Waals surface area contributed by atoms with Gasteiger partial charge in [0, 0.05) is 10.2 Å². The quantitative estimate of drug-likeness (QED) is 0.535. The van der Waals surface area contributed by atoms with Crippen LogP contribution in [-0.4, -0.2) is 22.5 Å². The number of anilines is 1. The molecule has 0 radical (unpaired) electrons. The third-order valence-electron chi connectivity index (χ3n) is 4.54. The van der Waals surface area contributed by atoms with Gasteiger partial charge in [0.2, 0.25) is 5.88 Å². The van der Waals surface area contributed by atoms with Crippen LogP contribution in [0.3, 0.4) is 0 Å². The van der Waals surface area contributed by atoms with E-state index in [9.17, 15) is 4.79 Å². The zero-order chi connectivity index (χ0) is 20.3. The van der Waals surface area contributed by atoms with Gasteiger partial charge in [-0.25, -0.2) is 9.97 Å². The van der Waals surface area contributed by atoms with Gasteiger partial charge in [0.15, 0.2) is 6.61 Å². The van der Waals surface area contributed by atoms with Crippen molar-refractivity contribution in [2.45, 2.75) is 39.5 Å². The Morgan fingerprint density at radius 2 is 1.75 bits per heavy atom. The second-order valence-electron chi connectivity index (χ2n) is 7.30. The minimum atomic E-state index is -0.211. The van der Waals surface area contributed by atoms with Crippen LogP contribution in [0.1, 0.15) is 50.7 Å². The van der Waals surface area contributed by atoms with Gasteiger partial charge in [0.05, 0.1) is 10.9 Å². The standard InChI is InChI=1S/C22H24BrN3O2/c1-13(2)16-6-5-7-17(14(3)4)21(16)26-20(27)11-28-22-18-10-15(23)8-9-19(18)24-12-25-22/h5-10,12-14H,11H2,1-4H3,(H,26,27). The second kappa shape index (κ2) is 8.69. The van der Waals surface area contributed by atoms with Crippen LogP contribution < -0.4 is 10.1 Å². The van der Waals surface area contributed by atoms with Gasteiger partial charge in [-0.1, -0.05) is 61.8 Å². The van der Waals surface area contributed by atoms with Gasteiger partial charge in [-0.05, 0) is 41.2 Å². The van der Waals surface area contributed by atoms with Crippen LogP contribution >= 0.6 is 15.9 Å². The monoisotopic (exact) mass is 441 g/mol. The lowest BCUT2D eigenvalue weighted by atomic mass is 9.92. The molecule has 0 atom stereocenters. The van der Waals surface area contributed by atoms with Crippen LogP contribution in [0.4, 0.5) is 5.69 Å². The van der Waals surface area contributed by atoms with E-state index in [2.05, 4.69) is 71.0 Å². The second-order valence-corrected chi connectivity index (χ2v) is 8.21. The molecule has 0 bridgehead atoms. The molecule has 2 aromatic carbocycles. The van der Waals surface area contributed by atoms with E-state index in [1.54, 1.807) is 0 Å². The smallest absolute Gasteiger partial charge is 0.262 e. The highest BCUT2D eigenvalue weighted by Gasteiger charge is 2.16. The molecule has 1 aromatic heterocycles.